The molecule has 0 aromatic heterocycles. The molecular formula is C15H17Cl2NO. The fourth-order valence-electron chi connectivity index (χ4n) is 1.88. The SMILES string of the molecule is Cc1cc(OCCN)ccc1-c1cccc(Cl)c1.Cl. The Morgan fingerprint density at radius 3 is 2.58 bits per heavy atom. The van der Waals surface area contributed by atoms with E-state index in [4.69, 9.17) is 22.1 Å². The highest BCUT2D eigenvalue weighted by molar-refractivity contribution is 6.30. The average Bonchev–Trinajstić information content (AvgIpc) is 2.36. The maximum absolute atomic E-state index is 6.01. The van der Waals surface area contributed by atoms with Crippen molar-refractivity contribution in [2.75, 3.05) is 13.2 Å². The third-order valence-corrected chi connectivity index (χ3v) is 2.96. The van der Waals surface area contributed by atoms with E-state index in [1.807, 2.05) is 36.4 Å². The standard InChI is InChI=1S/C15H16ClNO.ClH/c1-11-9-14(18-8-7-17)5-6-15(11)12-3-2-4-13(16)10-12;/h2-6,9-10H,7-8,17H2,1H3;1H. The Hall–Kier alpha value is -1.22. The summed E-state index contributed by atoms with van der Waals surface area (Å²) < 4.78 is 5.50. The van der Waals surface area contributed by atoms with Crippen molar-refractivity contribution in [1.29, 1.82) is 0 Å². The minimum atomic E-state index is 0. The predicted octanol–water partition coefficient (Wildman–Crippen LogP) is 4.07. The molecule has 0 heterocycles. The van der Waals surface area contributed by atoms with E-state index in [1.165, 1.54) is 0 Å². The summed E-state index contributed by atoms with van der Waals surface area (Å²) in [6.45, 7) is 3.12. The van der Waals surface area contributed by atoms with Crippen molar-refractivity contribution in [2.24, 2.45) is 5.73 Å². The monoisotopic (exact) mass is 297 g/mol. The van der Waals surface area contributed by atoms with E-state index in [2.05, 4.69) is 13.0 Å². The van der Waals surface area contributed by atoms with Gasteiger partial charge in [-0.05, 0) is 47.9 Å². The topological polar surface area (TPSA) is 35.2 Å². The van der Waals surface area contributed by atoms with E-state index < -0.39 is 0 Å². The summed E-state index contributed by atoms with van der Waals surface area (Å²) in [7, 11) is 0. The van der Waals surface area contributed by atoms with Gasteiger partial charge in [0.2, 0.25) is 0 Å². The first kappa shape index (κ1) is 15.8. The van der Waals surface area contributed by atoms with Crippen molar-refractivity contribution in [1.82, 2.24) is 0 Å². The summed E-state index contributed by atoms with van der Waals surface area (Å²) in [6, 6.07) is 13.9. The van der Waals surface area contributed by atoms with Gasteiger partial charge in [-0.2, -0.15) is 0 Å². The van der Waals surface area contributed by atoms with Crippen LogP contribution in [0.25, 0.3) is 11.1 Å². The molecule has 2 N–H and O–H groups in total. The molecule has 0 fully saturated rings. The van der Waals surface area contributed by atoms with Gasteiger partial charge in [-0.15, -0.1) is 12.4 Å². The van der Waals surface area contributed by atoms with Crippen LogP contribution in [0.15, 0.2) is 42.5 Å². The molecule has 4 heteroatoms. The van der Waals surface area contributed by atoms with Crippen LogP contribution in [0.3, 0.4) is 0 Å². The van der Waals surface area contributed by atoms with Crippen molar-refractivity contribution in [3.63, 3.8) is 0 Å². The molecule has 0 aliphatic heterocycles. The average molecular weight is 298 g/mol. The second-order valence-corrected chi connectivity index (χ2v) is 4.56. The van der Waals surface area contributed by atoms with Gasteiger partial charge in [0, 0.05) is 11.6 Å². The zero-order valence-electron chi connectivity index (χ0n) is 10.7. The summed E-state index contributed by atoms with van der Waals surface area (Å²) in [5.41, 5.74) is 8.85. The summed E-state index contributed by atoms with van der Waals surface area (Å²) in [5, 5.41) is 0.746. The number of halogens is 2. The normalized spacial score (nSPS) is 9.84. The summed E-state index contributed by atoms with van der Waals surface area (Å²) in [6.07, 6.45) is 0. The molecule has 2 rings (SSSR count). The lowest BCUT2D eigenvalue weighted by molar-refractivity contribution is 0.328. The number of benzene rings is 2. The van der Waals surface area contributed by atoms with Gasteiger partial charge in [0.05, 0.1) is 0 Å². The van der Waals surface area contributed by atoms with Crippen LogP contribution in [0.4, 0.5) is 0 Å². The molecule has 2 aromatic rings. The van der Waals surface area contributed by atoms with E-state index in [-0.39, 0.29) is 12.4 Å². The maximum Gasteiger partial charge on any atom is 0.119 e. The highest BCUT2D eigenvalue weighted by Crippen LogP contribution is 2.28. The van der Waals surface area contributed by atoms with Crippen LogP contribution >= 0.6 is 24.0 Å². The highest BCUT2D eigenvalue weighted by atomic mass is 35.5. The van der Waals surface area contributed by atoms with Crippen molar-refractivity contribution in [2.45, 2.75) is 6.92 Å². The number of aryl methyl sites for hydroxylation is 1. The molecule has 0 aliphatic rings. The van der Waals surface area contributed by atoms with Gasteiger partial charge in [-0.1, -0.05) is 29.8 Å². The fraction of sp³-hybridized carbons (Fsp3) is 0.200. The van der Waals surface area contributed by atoms with E-state index in [0.717, 1.165) is 27.5 Å². The number of nitrogens with two attached hydrogens (primary N) is 1. The Kier molecular flexibility index (Phi) is 6.16. The number of rotatable bonds is 4. The van der Waals surface area contributed by atoms with Gasteiger partial charge < -0.3 is 10.5 Å². The summed E-state index contributed by atoms with van der Waals surface area (Å²) in [4.78, 5) is 0. The lowest BCUT2D eigenvalue weighted by Crippen LogP contribution is -2.10. The third-order valence-electron chi connectivity index (χ3n) is 2.72. The van der Waals surface area contributed by atoms with Crippen molar-refractivity contribution in [3.05, 3.63) is 53.1 Å². The third kappa shape index (κ3) is 4.13. The number of hydrogen-bond donors (Lipinski definition) is 1. The molecule has 0 spiro atoms. The molecule has 0 saturated heterocycles. The molecule has 0 unspecified atom stereocenters. The fourth-order valence-corrected chi connectivity index (χ4v) is 2.07. The minimum absolute atomic E-state index is 0. The Morgan fingerprint density at radius 1 is 1.16 bits per heavy atom. The van der Waals surface area contributed by atoms with Crippen molar-refractivity contribution in [3.8, 4) is 16.9 Å². The molecular weight excluding hydrogens is 281 g/mol. The molecule has 2 nitrogen and oxygen atoms in total. The van der Waals surface area contributed by atoms with Gasteiger partial charge in [-0.3, -0.25) is 0 Å². The Labute approximate surface area is 124 Å². The first-order chi connectivity index (χ1) is 8.70. The molecule has 0 amide bonds. The van der Waals surface area contributed by atoms with E-state index >= 15 is 0 Å². The van der Waals surface area contributed by atoms with Crippen LogP contribution in [-0.2, 0) is 0 Å². The van der Waals surface area contributed by atoms with E-state index in [0.29, 0.717) is 13.2 Å². The molecule has 0 bridgehead atoms. The number of ether oxygens (including phenoxy) is 1. The quantitative estimate of drug-likeness (QED) is 0.923. The van der Waals surface area contributed by atoms with Gasteiger partial charge >= 0.3 is 0 Å². The number of hydrogen-bond acceptors (Lipinski definition) is 2. The van der Waals surface area contributed by atoms with Crippen LogP contribution in [-0.4, -0.2) is 13.2 Å². The van der Waals surface area contributed by atoms with Crippen LogP contribution in [0.2, 0.25) is 5.02 Å². The Morgan fingerprint density at radius 2 is 1.95 bits per heavy atom. The van der Waals surface area contributed by atoms with Crippen LogP contribution < -0.4 is 10.5 Å². The first-order valence-corrected chi connectivity index (χ1v) is 6.28. The van der Waals surface area contributed by atoms with E-state index in [1.54, 1.807) is 0 Å². The molecule has 102 valence electrons. The predicted molar refractivity (Wildman–Crippen MR) is 83.4 cm³/mol. The lowest BCUT2D eigenvalue weighted by Gasteiger charge is -2.10. The molecule has 0 radical (unpaired) electrons. The lowest BCUT2D eigenvalue weighted by atomic mass is 10.0. The largest absolute Gasteiger partial charge is 0.492 e. The van der Waals surface area contributed by atoms with Crippen molar-refractivity contribution >= 4 is 24.0 Å². The van der Waals surface area contributed by atoms with Crippen LogP contribution in [0.1, 0.15) is 5.56 Å². The summed E-state index contributed by atoms with van der Waals surface area (Å²) in [5.74, 6) is 0.851. The molecule has 0 aliphatic carbocycles. The molecule has 0 atom stereocenters. The first-order valence-electron chi connectivity index (χ1n) is 5.90. The molecule has 2 aromatic carbocycles. The second-order valence-electron chi connectivity index (χ2n) is 4.12. The van der Waals surface area contributed by atoms with Crippen molar-refractivity contribution < 1.29 is 4.74 Å². The van der Waals surface area contributed by atoms with Gasteiger partial charge in [-0.25, -0.2) is 0 Å². The molecule has 0 saturated carbocycles. The smallest absolute Gasteiger partial charge is 0.119 e. The van der Waals surface area contributed by atoms with Gasteiger partial charge in [0.1, 0.15) is 12.4 Å². The Balaban J connectivity index is 0.00000180. The highest BCUT2D eigenvalue weighted by Gasteiger charge is 2.04. The zero-order valence-corrected chi connectivity index (χ0v) is 12.3. The van der Waals surface area contributed by atoms with Gasteiger partial charge in [0.25, 0.3) is 0 Å². The van der Waals surface area contributed by atoms with E-state index in [9.17, 15) is 0 Å². The second kappa shape index (κ2) is 7.39. The van der Waals surface area contributed by atoms with Crippen LogP contribution in [0.5, 0.6) is 5.75 Å². The molecule has 19 heavy (non-hydrogen) atoms. The minimum Gasteiger partial charge on any atom is -0.492 e. The Bertz CT molecular complexity index is 543. The van der Waals surface area contributed by atoms with Crippen LogP contribution in [0, 0.1) is 6.92 Å². The maximum atomic E-state index is 6.01. The van der Waals surface area contributed by atoms with Gasteiger partial charge in [0.15, 0.2) is 0 Å². The zero-order chi connectivity index (χ0) is 13.0. The summed E-state index contributed by atoms with van der Waals surface area (Å²) >= 11 is 6.01.